The number of aromatic nitrogens is 3. The average Bonchev–Trinajstić information content (AvgIpc) is 3.10. The van der Waals surface area contributed by atoms with Gasteiger partial charge in [0.25, 0.3) is 5.91 Å². The molecule has 4 rings (SSSR count). The van der Waals surface area contributed by atoms with Crippen LogP contribution in [0.15, 0.2) is 42.7 Å². The maximum Gasteiger partial charge on any atom is 0.270 e. The zero-order valence-corrected chi connectivity index (χ0v) is 18.0. The molecule has 1 aliphatic carbocycles. The predicted molar refractivity (Wildman–Crippen MR) is 117 cm³/mol. The third-order valence-electron chi connectivity index (χ3n) is 5.76. The van der Waals surface area contributed by atoms with Gasteiger partial charge in [0, 0.05) is 32.0 Å². The molecule has 0 saturated heterocycles. The minimum atomic E-state index is -0.0823. The normalized spacial score (nSPS) is 16.2. The van der Waals surface area contributed by atoms with Crippen LogP contribution in [0, 0.1) is 0 Å². The van der Waals surface area contributed by atoms with E-state index >= 15 is 0 Å². The molecule has 0 bridgehead atoms. The number of likely N-dealkylation sites (N-methyl/N-ethyl adjacent to an activating group) is 1. The van der Waals surface area contributed by atoms with E-state index in [1.165, 1.54) is 5.56 Å². The zero-order valence-electron chi connectivity index (χ0n) is 18.0. The molecule has 1 amide bonds. The fourth-order valence-corrected chi connectivity index (χ4v) is 4.23. The summed E-state index contributed by atoms with van der Waals surface area (Å²) in [5.74, 6) is -0.0823. The molecular weight excluding hydrogens is 376 g/mol. The topological polar surface area (TPSA) is 65.8 Å². The van der Waals surface area contributed by atoms with Crippen molar-refractivity contribution in [2.45, 2.75) is 31.8 Å². The van der Waals surface area contributed by atoms with Gasteiger partial charge in [0.2, 0.25) is 0 Å². The number of nitrogens with one attached hydrogen (secondary N) is 1. The lowest BCUT2D eigenvalue weighted by molar-refractivity contribution is 0.0942. The number of hydrogen-bond donors (Lipinski definition) is 1. The number of imidazole rings is 1. The molecule has 0 unspecified atom stereocenters. The number of hydrogen-bond acceptors (Lipinski definition) is 5. The number of pyridine rings is 2. The fourth-order valence-electron chi connectivity index (χ4n) is 4.23. The molecule has 7 heteroatoms. The second-order valence-electron chi connectivity index (χ2n) is 8.27. The molecule has 3 aromatic rings. The van der Waals surface area contributed by atoms with Gasteiger partial charge in [-0.15, -0.1) is 0 Å². The van der Waals surface area contributed by atoms with Crippen LogP contribution in [0.5, 0.6) is 0 Å². The van der Waals surface area contributed by atoms with E-state index < -0.39 is 0 Å². The highest BCUT2D eigenvalue weighted by Crippen LogP contribution is 2.33. The number of fused-ring (bicyclic) bond motifs is 2. The van der Waals surface area contributed by atoms with E-state index in [1.54, 1.807) is 0 Å². The predicted octanol–water partition coefficient (Wildman–Crippen LogP) is 2.53. The van der Waals surface area contributed by atoms with Crippen molar-refractivity contribution in [2.75, 3.05) is 34.2 Å². The third-order valence-corrected chi connectivity index (χ3v) is 5.76. The van der Waals surface area contributed by atoms with Crippen molar-refractivity contribution in [1.29, 1.82) is 0 Å². The van der Waals surface area contributed by atoms with Crippen LogP contribution in [0.4, 0.5) is 0 Å². The molecule has 30 heavy (non-hydrogen) atoms. The van der Waals surface area contributed by atoms with Crippen LogP contribution in [-0.2, 0) is 13.0 Å². The van der Waals surface area contributed by atoms with Gasteiger partial charge in [-0.25, -0.2) is 4.98 Å². The molecule has 3 aromatic heterocycles. The lowest BCUT2D eigenvalue weighted by atomic mass is 9.91. The Hall–Kier alpha value is -2.77. The summed E-state index contributed by atoms with van der Waals surface area (Å²) in [6.45, 7) is 1.99. The van der Waals surface area contributed by atoms with Gasteiger partial charge in [-0.3, -0.25) is 19.1 Å². The number of carbonyl (C=O) groups is 1. The Balaban J connectivity index is 1.60. The molecule has 1 N–H and O–H groups in total. The van der Waals surface area contributed by atoms with Crippen LogP contribution in [0.2, 0.25) is 0 Å². The summed E-state index contributed by atoms with van der Waals surface area (Å²) >= 11 is 0. The molecule has 7 nitrogen and oxygen atoms in total. The fraction of sp³-hybridized carbons (Fsp3) is 0.435. The molecule has 1 aliphatic rings. The largest absolute Gasteiger partial charge is 0.349 e. The summed E-state index contributed by atoms with van der Waals surface area (Å²) in [7, 11) is 6.10. The molecule has 0 saturated carbocycles. The SMILES string of the molecule is CN(C)CCNC(=O)c1c(CN(C)[C@H]2CCCc3cccnc32)nc2ccccn12. The number of nitrogens with zero attached hydrogens (tertiary/aromatic N) is 5. The van der Waals surface area contributed by atoms with Crippen LogP contribution >= 0.6 is 0 Å². The Morgan fingerprint density at radius 1 is 1.23 bits per heavy atom. The molecule has 0 aromatic carbocycles. The smallest absolute Gasteiger partial charge is 0.270 e. The van der Waals surface area contributed by atoms with Gasteiger partial charge in [0.05, 0.1) is 17.4 Å². The van der Waals surface area contributed by atoms with E-state index in [0.717, 1.165) is 42.8 Å². The van der Waals surface area contributed by atoms with Gasteiger partial charge in [-0.05, 0) is 64.2 Å². The quantitative estimate of drug-likeness (QED) is 0.653. The lowest BCUT2D eigenvalue weighted by Crippen LogP contribution is -2.33. The summed E-state index contributed by atoms with van der Waals surface area (Å²) in [4.78, 5) is 26.9. The van der Waals surface area contributed by atoms with E-state index in [-0.39, 0.29) is 11.9 Å². The van der Waals surface area contributed by atoms with Crippen LogP contribution in [0.25, 0.3) is 5.65 Å². The second kappa shape index (κ2) is 8.93. The number of amides is 1. The van der Waals surface area contributed by atoms with Crippen LogP contribution in [0.1, 0.15) is 46.3 Å². The van der Waals surface area contributed by atoms with Crippen molar-refractivity contribution in [1.82, 2.24) is 29.5 Å². The summed E-state index contributed by atoms with van der Waals surface area (Å²) in [5.41, 5.74) is 4.70. The molecule has 3 heterocycles. The van der Waals surface area contributed by atoms with Crippen LogP contribution < -0.4 is 5.32 Å². The highest BCUT2D eigenvalue weighted by molar-refractivity contribution is 5.94. The minimum absolute atomic E-state index is 0.0823. The van der Waals surface area contributed by atoms with E-state index in [9.17, 15) is 4.79 Å². The summed E-state index contributed by atoms with van der Waals surface area (Å²) < 4.78 is 1.89. The van der Waals surface area contributed by atoms with Crippen molar-refractivity contribution >= 4 is 11.6 Å². The summed E-state index contributed by atoms with van der Waals surface area (Å²) in [5, 5.41) is 3.05. The monoisotopic (exact) mass is 406 g/mol. The molecule has 0 spiro atoms. The van der Waals surface area contributed by atoms with Gasteiger partial charge >= 0.3 is 0 Å². The van der Waals surface area contributed by atoms with E-state index in [2.05, 4.69) is 33.2 Å². The van der Waals surface area contributed by atoms with Crippen molar-refractivity contribution < 1.29 is 4.79 Å². The first-order valence-electron chi connectivity index (χ1n) is 10.6. The molecular formula is C23H30N6O. The van der Waals surface area contributed by atoms with Crippen molar-refractivity contribution in [3.8, 4) is 0 Å². The Morgan fingerprint density at radius 3 is 2.93 bits per heavy atom. The van der Waals surface area contributed by atoms with Gasteiger partial charge in [0.1, 0.15) is 11.3 Å². The van der Waals surface area contributed by atoms with Gasteiger partial charge in [-0.2, -0.15) is 0 Å². The number of carbonyl (C=O) groups excluding carboxylic acids is 1. The first-order chi connectivity index (χ1) is 14.5. The molecule has 0 fully saturated rings. The Bertz CT molecular complexity index is 1030. The molecule has 0 radical (unpaired) electrons. The number of aryl methyl sites for hydroxylation is 1. The lowest BCUT2D eigenvalue weighted by Gasteiger charge is -2.32. The van der Waals surface area contributed by atoms with E-state index in [4.69, 9.17) is 4.98 Å². The van der Waals surface area contributed by atoms with Crippen molar-refractivity contribution in [3.63, 3.8) is 0 Å². The average molecular weight is 407 g/mol. The Labute approximate surface area is 177 Å². The molecule has 0 aliphatic heterocycles. The molecule has 158 valence electrons. The van der Waals surface area contributed by atoms with Gasteiger partial charge < -0.3 is 10.2 Å². The number of rotatable bonds is 7. The van der Waals surface area contributed by atoms with Crippen LogP contribution in [-0.4, -0.2) is 64.3 Å². The van der Waals surface area contributed by atoms with E-state index in [0.29, 0.717) is 18.8 Å². The first kappa shape index (κ1) is 20.5. The maximum atomic E-state index is 13.1. The summed E-state index contributed by atoms with van der Waals surface area (Å²) in [6, 6.07) is 10.3. The Kier molecular flexibility index (Phi) is 6.11. The third kappa shape index (κ3) is 4.22. The van der Waals surface area contributed by atoms with Crippen LogP contribution in [0.3, 0.4) is 0 Å². The molecule has 1 atom stereocenters. The van der Waals surface area contributed by atoms with Crippen molar-refractivity contribution in [2.24, 2.45) is 0 Å². The van der Waals surface area contributed by atoms with E-state index in [1.807, 2.05) is 55.2 Å². The first-order valence-corrected chi connectivity index (χ1v) is 10.6. The zero-order chi connectivity index (χ0) is 21.1. The Morgan fingerprint density at radius 2 is 2.10 bits per heavy atom. The highest BCUT2D eigenvalue weighted by Gasteiger charge is 2.27. The second-order valence-corrected chi connectivity index (χ2v) is 8.27. The summed E-state index contributed by atoms with van der Waals surface area (Å²) in [6.07, 6.45) is 7.08. The van der Waals surface area contributed by atoms with Gasteiger partial charge in [0.15, 0.2) is 0 Å². The van der Waals surface area contributed by atoms with Crippen molar-refractivity contribution in [3.05, 3.63) is 65.4 Å². The standard InChI is InChI=1S/C23H30N6O/c1-27(2)15-13-25-23(30)22-18(26-20-11-4-5-14-29(20)22)16-28(3)19-10-6-8-17-9-7-12-24-21(17)19/h4-5,7,9,11-12,14,19H,6,8,10,13,15-16H2,1-3H3,(H,25,30)/t19-/m0/s1. The highest BCUT2D eigenvalue weighted by atomic mass is 16.2. The maximum absolute atomic E-state index is 13.1. The van der Waals surface area contributed by atoms with Gasteiger partial charge in [-0.1, -0.05) is 12.1 Å². The minimum Gasteiger partial charge on any atom is -0.349 e.